The van der Waals surface area contributed by atoms with Crippen LogP contribution < -0.4 is 10.2 Å². The summed E-state index contributed by atoms with van der Waals surface area (Å²) in [4.78, 5) is 1.95. The summed E-state index contributed by atoms with van der Waals surface area (Å²) < 4.78 is 27.5. The molecule has 0 saturated carbocycles. The molecule has 0 spiro atoms. The van der Waals surface area contributed by atoms with Crippen molar-refractivity contribution >= 4 is 11.4 Å². The molecule has 0 aliphatic rings. The minimum Gasteiger partial charge on any atom is -0.377 e. The Morgan fingerprint density at radius 2 is 1.55 bits per heavy atom. The van der Waals surface area contributed by atoms with Gasteiger partial charge in [0.15, 0.2) is 0 Å². The van der Waals surface area contributed by atoms with Crippen LogP contribution in [-0.4, -0.2) is 14.1 Å². The van der Waals surface area contributed by atoms with Crippen molar-refractivity contribution in [2.75, 3.05) is 24.3 Å². The predicted molar refractivity (Wildman–Crippen MR) is 79.2 cm³/mol. The van der Waals surface area contributed by atoms with E-state index in [9.17, 15) is 8.78 Å². The van der Waals surface area contributed by atoms with Gasteiger partial charge >= 0.3 is 0 Å². The highest BCUT2D eigenvalue weighted by Crippen LogP contribution is 2.29. The van der Waals surface area contributed by atoms with Crippen LogP contribution in [0.2, 0.25) is 0 Å². The summed E-state index contributed by atoms with van der Waals surface area (Å²) in [5.41, 5.74) is 1.87. The third-order valence-corrected chi connectivity index (χ3v) is 3.19. The molecule has 20 heavy (non-hydrogen) atoms. The molecule has 2 rings (SSSR count). The highest BCUT2D eigenvalue weighted by atomic mass is 19.1. The van der Waals surface area contributed by atoms with Gasteiger partial charge in [-0.1, -0.05) is 18.2 Å². The first-order valence-electron chi connectivity index (χ1n) is 6.47. The SMILES string of the molecule is CC(Nc1ccccc1N(C)C)c1c(F)cccc1F. The molecule has 1 N–H and O–H groups in total. The van der Waals surface area contributed by atoms with Crippen LogP contribution in [0.3, 0.4) is 0 Å². The molecule has 0 heterocycles. The van der Waals surface area contributed by atoms with Gasteiger partial charge in [0.2, 0.25) is 0 Å². The summed E-state index contributed by atoms with van der Waals surface area (Å²) in [5, 5.41) is 3.17. The van der Waals surface area contributed by atoms with E-state index in [4.69, 9.17) is 0 Å². The Labute approximate surface area is 118 Å². The maximum Gasteiger partial charge on any atom is 0.131 e. The lowest BCUT2D eigenvalue weighted by atomic mass is 10.1. The van der Waals surface area contributed by atoms with Crippen LogP contribution in [0.25, 0.3) is 0 Å². The minimum atomic E-state index is -0.535. The Morgan fingerprint density at radius 3 is 2.15 bits per heavy atom. The van der Waals surface area contributed by atoms with E-state index in [0.29, 0.717) is 0 Å². The molecule has 1 atom stereocenters. The molecule has 0 amide bonds. The predicted octanol–water partition coefficient (Wildman–Crippen LogP) is 4.20. The lowest BCUT2D eigenvalue weighted by molar-refractivity contribution is 0.544. The monoisotopic (exact) mass is 276 g/mol. The molecule has 0 aliphatic heterocycles. The quantitative estimate of drug-likeness (QED) is 0.900. The number of nitrogens with zero attached hydrogens (tertiary/aromatic N) is 1. The lowest BCUT2D eigenvalue weighted by Crippen LogP contribution is -2.15. The van der Waals surface area contributed by atoms with Gasteiger partial charge in [-0.25, -0.2) is 8.78 Å². The highest BCUT2D eigenvalue weighted by molar-refractivity contribution is 5.69. The van der Waals surface area contributed by atoms with Crippen LogP contribution in [0.5, 0.6) is 0 Å². The fraction of sp³-hybridized carbons (Fsp3) is 0.250. The summed E-state index contributed by atoms with van der Waals surface area (Å²) in [7, 11) is 3.85. The Morgan fingerprint density at radius 1 is 0.950 bits per heavy atom. The molecule has 4 heteroatoms. The zero-order chi connectivity index (χ0) is 14.7. The van der Waals surface area contributed by atoms with Crippen LogP contribution in [0.1, 0.15) is 18.5 Å². The third-order valence-electron chi connectivity index (χ3n) is 3.19. The second-order valence-corrected chi connectivity index (χ2v) is 4.91. The number of rotatable bonds is 4. The molecule has 0 bridgehead atoms. The van der Waals surface area contributed by atoms with E-state index in [1.807, 2.05) is 43.3 Å². The van der Waals surface area contributed by atoms with Gasteiger partial charge in [0.1, 0.15) is 11.6 Å². The molecular weight excluding hydrogens is 258 g/mol. The minimum absolute atomic E-state index is 0.0565. The van der Waals surface area contributed by atoms with Gasteiger partial charge < -0.3 is 10.2 Å². The zero-order valence-electron chi connectivity index (χ0n) is 11.8. The smallest absolute Gasteiger partial charge is 0.131 e. The van der Waals surface area contributed by atoms with Gasteiger partial charge in [-0.3, -0.25) is 0 Å². The fourth-order valence-electron chi connectivity index (χ4n) is 2.22. The Balaban J connectivity index is 2.31. The molecule has 0 radical (unpaired) electrons. The van der Waals surface area contributed by atoms with Crippen molar-refractivity contribution in [2.24, 2.45) is 0 Å². The summed E-state index contributed by atoms with van der Waals surface area (Å²) in [6.07, 6.45) is 0. The molecule has 0 aromatic heterocycles. The first kappa shape index (κ1) is 14.3. The molecule has 1 unspecified atom stereocenters. The second-order valence-electron chi connectivity index (χ2n) is 4.91. The number of hydrogen-bond donors (Lipinski definition) is 1. The van der Waals surface area contributed by atoms with Gasteiger partial charge in [-0.15, -0.1) is 0 Å². The second kappa shape index (κ2) is 5.90. The maximum atomic E-state index is 13.8. The van der Waals surface area contributed by atoms with Crippen molar-refractivity contribution in [1.29, 1.82) is 0 Å². The molecule has 0 saturated heterocycles. The molecule has 2 nitrogen and oxygen atoms in total. The van der Waals surface area contributed by atoms with Crippen LogP contribution in [0.15, 0.2) is 42.5 Å². The Kier molecular flexibility index (Phi) is 4.23. The van der Waals surface area contributed by atoms with E-state index in [0.717, 1.165) is 11.4 Å². The average molecular weight is 276 g/mol. The van der Waals surface area contributed by atoms with Gasteiger partial charge in [-0.05, 0) is 31.2 Å². The summed E-state index contributed by atoms with van der Waals surface area (Å²) in [6.45, 7) is 1.74. The van der Waals surface area contributed by atoms with E-state index in [1.54, 1.807) is 6.92 Å². The van der Waals surface area contributed by atoms with Crippen LogP contribution in [0.4, 0.5) is 20.2 Å². The average Bonchev–Trinajstić information content (AvgIpc) is 2.38. The van der Waals surface area contributed by atoms with Crippen molar-refractivity contribution < 1.29 is 8.78 Å². The first-order chi connectivity index (χ1) is 9.50. The largest absolute Gasteiger partial charge is 0.377 e. The lowest BCUT2D eigenvalue weighted by Gasteiger charge is -2.22. The van der Waals surface area contributed by atoms with Crippen LogP contribution >= 0.6 is 0 Å². The van der Waals surface area contributed by atoms with E-state index in [1.165, 1.54) is 18.2 Å². The topological polar surface area (TPSA) is 15.3 Å². The molecule has 0 aliphatic carbocycles. The number of halogens is 2. The van der Waals surface area contributed by atoms with E-state index < -0.39 is 17.7 Å². The fourth-order valence-corrected chi connectivity index (χ4v) is 2.22. The first-order valence-corrected chi connectivity index (χ1v) is 6.47. The third kappa shape index (κ3) is 2.90. The molecular formula is C16H18F2N2. The summed E-state index contributed by atoms with van der Waals surface area (Å²) >= 11 is 0. The molecule has 0 fully saturated rings. The summed E-state index contributed by atoms with van der Waals surface area (Å²) in [5.74, 6) is -1.07. The highest BCUT2D eigenvalue weighted by Gasteiger charge is 2.17. The van der Waals surface area contributed by atoms with Crippen molar-refractivity contribution in [3.05, 3.63) is 59.7 Å². The normalized spacial score (nSPS) is 12.1. The Bertz CT molecular complexity index is 577. The van der Waals surface area contributed by atoms with Crippen molar-refractivity contribution in [3.8, 4) is 0 Å². The van der Waals surface area contributed by atoms with Gasteiger partial charge in [0.25, 0.3) is 0 Å². The zero-order valence-corrected chi connectivity index (χ0v) is 11.8. The van der Waals surface area contributed by atoms with Gasteiger partial charge in [0.05, 0.1) is 17.4 Å². The number of nitrogens with one attached hydrogen (secondary N) is 1. The van der Waals surface area contributed by atoms with Crippen molar-refractivity contribution in [1.82, 2.24) is 0 Å². The molecule has 106 valence electrons. The standard InChI is InChI=1S/C16H18F2N2/c1-11(16-12(17)7-6-8-13(16)18)19-14-9-4-5-10-15(14)20(2)3/h4-11,19H,1-3H3. The van der Waals surface area contributed by atoms with Gasteiger partial charge in [0, 0.05) is 19.7 Å². The van der Waals surface area contributed by atoms with E-state index in [2.05, 4.69) is 5.32 Å². The summed E-state index contributed by atoms with van der Waals surface area (Å²) in [6, 6.07) is 11.1. The number of hydrogen-bond acceptors (Lipinski definition) is 2. The van der Waals surface area contributed by atoms with E-state index in [-0.39, 0.29) is 5.56 Å². The number of anilines is 2. The maximum absolute atomic E-state index is 13.8. The van der Waals surface area contributed by atoms with Crippen LogP contribution in [-0.2, 0) is 0 Å². The van der Waals surface area contributed by atoms with Gasteiger partial charge in [-0.2, -0.15) is 0 Å². The number of benzene rings is 2. The van der Waals surface area contributed by atoms with Crippen molar-refractivity contribution in [2.45, 2.75) is 13.0 Å². The molecule has 2 aromatic carbocycles. The Hall–Kier alpha value is -2.10. The van der Waals surface area contributed by atoms with Crippen molar-refractivity contribution in [3.63, 3.8) is 0 Å². The molecule has 2 aromatic rings. The van der Waals surface area contributed by atoms with Crippen LogP contribution in [0, 0.1) is 11.6 Å². The van der Waals surface area contributed by atoms with E-state index >= 15 is 0 Å². The number of para-hydroxylation sites is 2.